The van der Waals surface area contributed by atoms with Gasteiger partial charge in [0.15, 0.2) is 0 Å². The van der Waals surface area contributed by atoms with Crippen molar-refractivity contribution in [1.82, 2.24) is 4.57 Å². The number of carbonyl (C=O) groups excluding carboxylic acids is 1. The van der Waals surface area contributed by atoms with Crippen LogP contribution in [-0.2, 0) is 21.4 Å². The molecular weight excluding hydrogens is 462 g/mol. The van der Waals surface area contributed by atoms with Crippen LogP contribution in [0, 0.1) is 6.92 Å². The lowest BCUT2D eigenvalue weighted by Crippen LogP contribution is -2.36. The summed E-state index contributed by atoms with van der Waals surface area (Å²) in [4.78, 5) is 19.4. The number of fused-ring (bicyclic) bond motifs is 4. The second-order valence-electron chi connectivity index (χ2n) is 9.61. The van der Waals surface area contributed by atoms with Crippen molar-refractivity contribution < 1.29 is 14.4 Å². The SMILES string of the molecule is CC(=O)O/N=C(\c1ccc2c(c1)c1cc(C)ccc1n2C)c1ccc(N2CCOCC2)c2ccccc12. The monoisotopic (exact) mass is 491 g/mol. The largest absolute Gasteiger partial charge is 0.378 e. The number of nitrogens with zero attached hydrogens (tertiary/aromatic N) is 3. The van der Waals surface area contributed by atoms with Gasteiger partial charge in [-0.2, -0.15) is 0 Å². The van der Waals surface area contributed by atoms with Crippen molar-refractivity contribution in [2.24, 2.45) is 12.2 Å². The number of hydrogen-bond acceptors (Lipinski definition) is 5. The highest BCUT2D eigenvalue weighted by molar-refractivity contribution is 6.22. The normalized spacial score (nSPS) is 14.6. The van der Waals surface area contributed by atoms with E-state index >= 15 is 0 Å². The number of carbonyl (C=O) groups is 1. The average Bonchev–Trinajstić information content (AvgIpc) is 3.19. The molecule has 37 heavy (non-hydrogen) atoms. The Kier molecular flexibility index (Phi) is 5.89. The zero-order valence-corrected chi connectivity index (χ0v) is 21.3. The lowest BCUT2D eigenvalue weighted by molar-refractivity contribution is -0.140. The number of oxime groups is 1. The molecule has 0 bridgehead atoms. The number of hydrogen-bond donors (Lipinski definition) is 0. The van der Waals surface area contributed by atoms with Crippen LogP contribution < -0.4 is 4.90 Å². The van der Waals surface area contributed by atoms with Gasteiger partial charge in [0.2, 0.25) is 0 Å². The number of anilines is 1. The highest BCUT2D eigenvalue weighted by atomic mass is 16.7. The van der Waals surface area contributed by atoms with Crippen LogP contribution in [0.25, 0.3) is 32.6 Å². The smallest absolute Gasteiger partial charge is 0.332 e. The molecular formula is C31H29N3O3. The van der Waals surface area contributed by atoms with Crippen molar-refractivity contribution in [3.63, 3.8) is 0 Å². The molecule has 1 saturated heterocycles. The molecule has 0 N–H and O–H groups in total. The number of rotatable bonds is 4. The zero-order valence-electron chi connectivity index (χ0n) is 21.3. The highest BCUT2D eigenvalue weighted by Crippen LogP contribution is 2.34. The van der Waals surface area contributed by atoms with Gasteiger partial charge in [-0.25, -0.2) is 4.79 Å². The van der Waals surface area contributed by atoms with Crippen LogP contribution in [-0.4, -0.2) is 42.6 Å². The first kappa shape index (κ1) is 23.3. The minimum atomic E-state index is -0.450. The molecule has 1 aliphatic heterocycles. The third-order valence-corrected chi connectivity index (χ3v) is 7.21. The van der Waals surface area contributed by atoms with Crippen molar-refractivity contribution >= 4 is 49.9 Å². The van der Waals surface area contributed by atoms with E-state index in [4.69, 9.17) is 9.57 Å². The van der Waals surface area contributed by atoms with Crippen LogP contribution in [0.4, 0.5) is 5.69 Å². The van der Waals surface area contributed by atoms with Crippen molar-refractivity contribution in [1.29, 1.82) is 0 Å². The number of ether oxygens (including phenoxy) is 1. The van der Waals surface area contributed by atoms with Gasteiger partial charge in [0.05, 0.1) is 13.2 Å². The van der Waals surface area contributed by atoms with Gasteiger partial charge in [0.25, 0.3) is 0 Å². The third kappa shape index (κ3) is 4.13. The topological polar surface area (TPSA) is 56.1 Å². The molecule has 0 amide bonds. The maximum Gasteiger partial charge on any atom is 0.332 e. The first-order chi connectivity index (χ1) is 18.0. The average molecular weight is 492 g/mol. The second-order valence-corrected chi connectivity index (χ2v) is 9.61. The Balaban J connectivity index is 1.56. The summed E-state index contributed by atoms with van der Waals surface area (Å²) in [7, 11) is 2.09. The summed E-state index contributed by atoms with van der Waals surface area (Å²) in [5, 5.41) is 8.93. The molecule has 5 aromatic rings. The predicted molar refractivity (Wildman–Crippen MR) is 150 cm³/mol. The molecule has 1 aliphatic rings. The molecule has 186 valence electrons. The van der Waals surface area contributed by atoms with Gasteiger partial charge in [-0.05, 0) is 48.7 Å². The van der Waals surface area contributed by atoms with E-state index in [-0.39, 0.29) is 0 Å². The van der Waals surface area contributed by atoms with Gasteiger partial charge in [-0.15, -0.1) is 0 Å². The Morgan fingerprint density at radius 3 is 2.32 bits per heavy atom. The highest BCUT2D eigenvalue weighted by Gasteiger charge is 2.19. The van der Waals surface area contributed by atoms with Crippen LogP contribution in [0.3, 0.4) is 0 Å². The quantitative estimate of drug-likeness (QED) is 0.177. The van der Waals surface area contributed by atoms with Gasteiger partial charge < -0.3 is 19.0 Å². The minimum absolute atomic E-state index is 0.450. The lowest BCUT2D eigenvalue weighted by Gasteiger charge is -2.30. The van der Waals surface area contributed by atoms with Crippen molar-refractivity contribution in [3.8, 4) is 0 Å². The summed E-state index contributed by atoms with van der Waals surface area (Å²) in [5.41, 5.74) is 7.15. The van der Waals surface area contributed by atoms with Crippen molar-refractivity contribution in [2.75, 3.05) is 31.2 Å². The predicted octanol–water partition coefficient (Wildman–Crippen LogP) is 5.95. The van der Waals surface area contributed by atoms with Crippen LogP contribution in [0.1, 0.15) is 23.6 Å². The third-order valence-electron chi connectivity index (χ3n) is 7.21. The maximum absolute atomic E-state index is 11.8. The fourth-order valence-electron chi connectivity index (χ4n) is 5.42. The van der Waals surface area contributed by atoms with E-state index in [1.165, 1.54) is 29.1 Å². The van der Waals surface area contributed by atoms with Crippen LogP contribution >= 0.6 is 0 Å². The Morgan fingerprint density at radius 2 is 1.57 bits per heavy atom. The summed E-state index contributed by atoms with van der Waals surface area (Å²) in [5.74, 6) is -0.450. The number of benzene rings is 4. The van der Waals surface area contributed by atoms with Crippen LogP contribution in [0.5, 0.6) is 0 Å². The van der Waals surface area contributed by atoms with Gasteiger partial charge >= 0.3 is 5.97 Å². The van der Waals surface area contributed by atoms with Gasteiger partial charge in [-0.3, -0.25) is 0 Å². The lowest BCUT2D eigenvalue weighted by atomic mass is 9.94. The molecule has 0 atom stereocenters. The molecule has 0 aliphatic carbocycles. The Bertz CT molecular complexity index is 1690. The molecule has 0 radical (unpaired) electrons. The first-order valence-corrected chi connectivity index (χ1v) is 12.6. The van der Waals surface area contributed by atoms with E-state index in [0.717, 1.165) is 59.1 Å². The summed E-state index contributed by atoms with van der Waals surface area (Å²) in [6.45, 7) is 6.64. The molecule has 6 heteroatoms. The first-order valence-electron chi connectivity index (χ1n) is 12.6. The molecule has 1 aromatic heterocycles. The van der Waals surface area contributed by atoms with Crippen molar-refractivity contribution in [2.45, 2.75) is 13.8 Å². The summed E-state index contributed by atoms with van der Waals surface area (Å²) in [6.07, 6.45) is 0. The molecule has 2 heterocycles. The van der Waals surface area contributed by atoms with Crippen LogP contribution in [0.2, 0.25) is 0 Å². The molecule has 0 saturated carbocycles. The van der Waals surface area contributed by atoms with Crippen molar-refractivity contribution in [3.05, 3.63) is 89.5 Å². The van der Waals surface area contributed by atoms with Gasteiger partial charge in [0.1, 0.15) is 5.71 Å². The fraction of sp³-hybridized carbons (Fsp3) is 0.226. The number of aromatic nitrogens is 1. The zero-order chi connectivity index (χ0) is 25.5. The molecule has 4 aromatic carbocycles. The van der Waals surface area contributed by atoms with Gasteiger partial charge in [-0.1, -0.05) is 47.1 Å². The second kappa shape index (κ2) is 9.37. The Morgan fingerprint density at radius 1 is 0.865 bits per heavy atom. The molecule has 6 rings (SSSR count). The van der Waals surface area contributed by atoms with E-state index in [9.17, 15) is 4.79 Å². The van der Waals surface area contributed by atoms with Gasteiger partial charge in [0, 0.05) is 71.1 Å². The molecule has 1 fully saturated rings. The fourth-order valence-corrected chi connectivity index (χ4v) is 5.42. The van der Waals surface area contributed by atoms with E-state index in [1.54, 1.807) is 0 Å². The standard InChI is InChI=1S/C31H29N3O3/c1-20-8-11-28-26(18-20)27-19-22(9-12-29(27)33(28)3)31(32-37-21(2)35)25-10-13-30(34-14-16-36-17-15-34)24-7-5-4-6-23(24)25/h4-13,18-19H,14-17H2,1-3H3/b32-31+. The molecule has 0 spiro atoms. The summed E-state index contributed by atoms with van der Waals surface area (Å²) < 4.78 is 7.78. The Labute approximate surface area is 215 Å². The summed E-state index contributed by atoms with van der Waals surface area (Å²) in [6, 6.07) is 25.4. The van der Waals surface area contributed by atoms with E-state index in [1.807, 2.05) is 6.07 Å². The number of aryl methyl sites for hydroxylation is 2. The van der Waals surface area contributed by atoms with Crippen LogP contribution in [0.15, 0.2) is 78.0 Å². The van der Waals surface area contributed by atoms with E-state index in [2.05, 4.69) is 95.3 Å². The number of morpholine rings is 1. The van der Waals surface area contributed by atoms with E-state index < -0.39 is 5.97 Å². The minimum Gasteiger partial charge on any atom is -0.378 e. The maximum atomic E-state index is 11.8. The Hall–Kier alpha value is -4.16. The molecule has 0 unspecified atom stereocenters. The van der Waals surface area contributed by atoms with E-state index in [0.29, 0.717) is 5.71 Å². The summed E-state index contributed by atoms with van der Waals surface area (Å²) >= 11 is 0. The molecule has 6 nitrogen and oxygen atoms in total.